The number of Topliss-reactive ketones (excluding diaryl/α,β-unsaturated/α-hetero) is 1. The van der Waals surface area contributed by atoms with E-state index in [-0.39, 0.29) is 11.7 Å². The zero-order valence-corrected chi connectivity index (χ0v) is 17.6. The number of nitrogens with zero attached hydrogens (tertiary/aromatic N) is 2. The average molecular weight is 434 g/mol. The van der Waals surface area contributed by atoms with Gasteiger partial charge in [0.15, 0.2) is 5.78 Å². The Morgan fingerprint density at radius 3 is 2.58 bits per heavy atom. The second-order valence-electron chi connectivity index (χ2n) is 7.49. The van der Waals surface area contributed by atoms with Crippen LogP contribution in [0, 0.1) is 0 Å². The van der Waals surface area contributed by atoms with E-state index in [1.165, 1.54) is 6.33 Å². The smallest absolute Gasteiger partial charge is 0.228 e. The number of allylic oxidation sites excluding steroid dienone is 2. The van der Waals surface area contributed by atoms with Gasteiger partial charge in [0.05, 0.1) is 12.7 Å². The van der Waals surface area contributed by atoms with E-state index in [1.54, 1.807) is 7.11 Å². The highest BCUT2D eigenvalue weighted by Gasteiger charge is 2.39. The molecule has 0 radical (unpaired) electrons. The predicted octanol–water partition coefficient (Wildman–Crippen LogP) is 5.41. The number of rotatable bonds is 4. The minimum absolute atomic E-state index is 0.103. The third kappa shape index (κ3) is 3.64. The topological polar surface area (TPSA) is 73.3 Å². The molecule has 0 fully saturated rings. The molecule has 0 spiro atoms. The van der Waals surface area contributed by atoms with Gasteiger partial charge in [-0.1, -0.05) is 23.7 Å². The van der Waals surface area contributed by atoms with E-state index in [4.69, 9.17) is 21.1 Å². The van der Waals surface area contributed by atoms with Gasteiger partial charge < -0.3 is 14.8 Å². The second-order valence-corrected chi connectivity index (χ2v) is 7.93. The molecule has 6 nitrogen and oxygen atoms in total. The number of anilines is 2. The quantitative estimate of drug-likeness (QED) is 0.592. The van der Waals surface area contributed by atoms with Crippen LogP contribution in [0.5, 0.6) is 11.6 Å². The molecule has 1 aliphatic carbocycles. The molecule has 1 aromatic heterocycles. The van der Waals surface area contributed by atoms with E-state index < -0.39 is 0 Å². The van der Waals surface area contributed by atoms with E-state index in [9.17, 15) is 4.79 Å². The molecule has 0 bridgehead atoms. The number of ether oxygens (including phenoxy) is 2. The lowest BCUT2D eigenvalue weighted by atomic mass is 9.77. The number of benzene rings is 2. The summed E-state index contributed by atoms with van der Waals surface area (Å²) < 4.78 is 11.4. The highest BCUT2D eigenvalue weighted by molar-refractivity contribution is 6.30. The number of methoxy groups -OCH3 is 1. The molecule has 0 saturated heterocycles. The van der Waals surface area contributed by atoms with Crippen LogP contribution in [0.25, 0.3) is 0 Å². The van der Waals surface area contributed by atoms with Gasteiger partial charge in [0, 0.05) is 35.0 Å². The fraction of sp³-hybridized carbons (Fsp3) is 0.208. The van der Waals surface area contributed by atoms with Crippen LogP contribution in [0.1, 0.15) is 36.3 Å². The molecule has 31 heavy (non-hydrogen) atoms. The van der Waals surface area contributed by atoms with Crippen molar-refractivity contribution in [1.29, 1.82) is 0 Å². The third-order valence-corrected chi connectivity index (χ3v) is 5.86. The van der Waals surface area contributed by atoms with Crippen molar-refractivity contribution >= 4 is 28.9 Å². The lowest BCUT2D eigenvalue weighted by molar-refractivity contribution is -0.116. The number of carbonyl (C=O) groups is 1. The van der Waals surface area contributed by atoms with Gasteiger partial charge in [-0.05, 0) is 48.4 Å². The normalized spacial score (nSPS) is 17.5. The molecule has 2 heterocycles. The van der Waals surface area contributed by atoms with E-state index in [0.29, 0.717) is 34.5 Å². The summed E-state index contributed by atoms with van der Waals surface area (Å²) in [6.45, 7) is 0. The minimum Gasteiger partial charge on any atom is -0.497 e. The largest absolute Gasteiger partial charge is 0.497 e. The van der Waals surface area contributed by atoms with Crippen molar-refractivity contribution in [2.24, 2.45) is 0 Å². The molecule has 156 valence electrons. The number of carbonyl (C=O) groups excluding carboxylic acids is 1. The van der Waals surface area contributed by atoms with Gasteiger partial charge in [-0.15, -0.1) is 0 Å². The Balaban J connectivity index is 1.64. The molecule has 0 saturated carbocycles. The van der Waals surface area contributed by atoms with Crippen LogP contribution in [0.4, 0.5) is 11.5 Å². The Hall–Kier alpha value is -3.38. The first-order valence-corrected chi connectivity index (χ1v) is 10.5. The predicted molar refractivity (Wildman–Crippen MR) is 118 cm³/mol. The first kappa shape index (κ1) is 19.6. The second kappa shape index (κ2) is 8.04. The maximum absolute atomic E-state index is 13.0. The maximum Gasteiger partial charge on any atom is 0.228 e. The maximum atomic E-state index is 13.0. The first-order chi connectivity index (χ1) is 15.1. The van der Waals surface area contributed by atoms with Crippen molar-refractivity contribution in [2.75, 3.05) is 12.4 Å². The summed E-state index contributed by atoms with van der Waals surface area (Å²) in [7, 11) is 1.63. The van der Waals surface area contributed by atoms with Crippen molar-refractivity contribution in [1.82, 2.24) is 9.97 Å². The molecule has 1 unspecified atom stereocenters. The summed E-state index contributed by atoms with van der Waals surface area (Å²) in [5.74, 6) is 2.31. The van der Waals surface area contributed by atoms with Crippen LogP contribution in [-0.2, 0) is 4.79 Å². The van der Waals surface area contributed by atoms with Gasteiger partial charge in [-0.3, -0.25) is 4.79 Å². The molecular weight excluding hydrogens is 414 g/mol. The number of hydrogen-bond donors (Lipinski definition) is 1. The Bertz CT molecular complexity index is 1170. The Morgan fingerprint density at radius 2 is 1.84 bits per heavy atom. The zero-order chi connectivity index (χ0) is 21.4. The number of aromatic nitrogens is 2. The summed E-state index contributed by atoms with van der Waals surface area (Å²) in [5.41, 5.74) is 3.22. The van der Waals surface area contributed by atoms with Crippen molar-refractivity contribution < 1.29 is 14.3 Å². The van der Waals surface area contributed by atoms with Crippen molar-refractivity contribution in [3.63, 3.8) is 0 Å². The molecule has 7 heteroatoms. The number of ketones is 1. The molecule has 0 amide bonds. The third-order valence-electron chi connectivity index (χ3n) is 5.61. The molecule has 2 aromatic carbocycles. The molecule has 5 rings (SSSR count). The van der Waals surface area contributed by atoms with Crippen LogP contribution >= 0.6 is 11.6 Å². The molecule has 1 aliphatic heterocycles. The number of halogens is 1. The molecule has 2 aliphatic rings. The van der Waals surface area contributed by atoms with Crippen LogP contribution in [0.3, 0.4) is 0 Å². The fourth-order valence-electron chi connectivity index (χ4n) is 4.14. The monoisotopic (exact) mass is 433 g/mol. The van der Waals surface area contributed by atoms with Gasteiger partial charge in [0.2, 0.25) is 5.88 Å². The van der Waals surface area contributed by atoms with Crippen molar-refractivity contribution in [3.8, 4) is 11.6 Å². The molecular formula is C24H20ClN3O3. The summed E-state index contributed by atoms with van der Waals surface area (Å²) in [6.07, 6.45) is 3.48. The molecule has 1 atom stereocenters. The average Bonchev–Trinajstić information content (AvgIpc) is 2.79. The fourth-order valence-corrected chi connectivity index (χ4v) is 4.27. The van der Waals surface area contributed by atoms with Gasteiger partial charge in [-0.2, -0.15) is 0 Å². The van der Waals surface area contributed by atoms with E-state index in [1.807, 2.05) is 48.5 Å². The summed E-state index contributed by atoms with van der Waals surface area (Å²) in [5, 5.41) is 4.00. The number of fused-ring (bicyclic) bond motifs is 1. The lowest BCUT2D eigenvalue weighted by Crippen LogP contribution is -2.27. The van der Waals surface area contributed by atoms with Crippen LogP contribution < -0.4 is 14.8 Å². The summed E-state index contributed by atoms with van der Waals surface area (Å²) >= 11 is 6.13. The van der Waals surface area contributed by atoms with Gasteiger partial charge in [-0.25, -0.2) is 9.97 Å². The van der Waals surface area contributed by atoms with Gasteiger partial charge >= 0.3 is 0 Å². The highest BCUT2D eigenvalue weighted by atomic mass is 35.5. The Kier molecular flexibility index (Phi) is 5.08. The van der Waals surface area contributed by atoms with E-state index >= 15 is 0 Å². The van der Waals surface area contributed by atoms with Gasteiger partial charge in [0.1, 0.15) is 23.7 Å². The van der Waals surface area contributed by atoms with Crippen LogP contribution in [0.2, 0.25) is 5.02 Å². The van der Waals surface area contributed by atoms with E-state index in [0.717, 1.165) is 35.4 Å². The van der Waals surface area contributed by atoms with Crippen LogP contribution in [0.15, 0.2) is 66.2 Å². The van der Waals surface area contributed by atoms with Crippen molar-refractivity contribution in [2.45, 2.75) is 25.2 Å². The standard InChI is InChI=1S/C24H20ClN3O3/c1-30-17-11-9-16(10-12-17)28-23-22-20(14-5-7-15(25)8-6-14)21-18(29)3-2-4-19(21)31-24(22)27-13-26-23/h5-13,20H,2-4H2,1H3,(H,26,27,28). The molecule has 3 aromatic rings. The minimum atomic E-state index is -0.328. The van der Waals surface area contributed by atoms with Crippen LogP contribution in [-0.4, -0.2) is 22.9 Å². The van der Waals surface area contributed by atoms with E-state index in [2.05, 4.69) is 15.3 Å². The summed E-state index contributed by atoms with van der Waals surface area (Å²) in [6, 6.07) is 15.1. The Labute approximate surface area is 184 Å². The SMILES string of the molecule is COc1ccc(Nc2ncnc3c2C(c2ccc(Cl)cc2)C2=C(CCCC2=O)O3)cc1. The zero-order valence-electron chi connectivity index (χ0n) is 16.9. The number of hydrogen-bond acceptors (Lipinski definition) is 6. The van der Waals surface area contributed by atoms with Gasteiger partial charge in [0.25, 0.3) is 0 Å². The lowest BCUT2D eigenvalue weighted by Gasteiger charge is -2.33. The Morgan fingerprint density at radius 1 is 1.06 bits per heavy atom. The summed E-state index contributed by atoms with van der Waals surface area (Å²) in [4.78, 5) is 21.9. The highest BCUT2D eigenvalue weighted by Crippen LogP contribution is 2.48. The van der Waals surface area contributed by atoms with Crippen molar-refractivity contribution in [3.05, 3.63) is 82.3 Å². The first-order valence-electron chi connectivity index (χ1n) is 10.1. The molecule has 1 N–H and O–H groups in total. The number of nitrogens with one attached hydrogen (secondary N) is 1.